The largest absolute Gasteiger partial charge is 0.377 e. The van der Waals surface area contributed by atoms with E-state index in [2.05, 4.69) is 9.88 Å². The van der Waals surface area contributed by atoms with Gasteiger partial charge < -0.3 is 9.64 Å². The van der Waals surface area contributed by atoms with Gasteiger partial charge in [-0.2, -0.15) is 5.10 Å². The molecule has 3 aromatic rings. The fourth-order valence-corrected chi connectivity index (χ4v) is 4.34. The molecule has 0 radical (unpaired) electrons. The number of hydrogen-bond acceptors (Lipinski definition) is 5. The molecule has 7 heteroatoms. The number of para-hydroxylation sites is 1. The maximum atomic E-state index is 13.5. The molecule has 31 heavy (non-hydrogen) atoms. The van der Waals surface area contributed by atoms with E-state index in [1.807, 2.05) is 53.6 Å². The Kier molecular flexibility index (Phi) is 5.78. The number of hydrogen-bond donors (Lipinski definition) is 0. The quantitative estimate of drug-likeness (QED) is 0.639. The summed E-state index contributed by atoms with van der Waals surface area (Å²) in [6.45, 7) is 5.03. The number of piperazine rings is 1. The zero-order valence-electron chi connectivity index (χ0n) is 17.6. The molecular formula is C24H27N5O2. The van der Waals surface area contributed by atoms with Crippen molar-refractivity contribution in [2.24, 2.45) is 0 Å². The summed E-state index contributed by atoms with van der Waals surface area (Å²) in [6, 6.07) is 13.7. The molecule has 1 amide bonds. The molecule has 2 aliphatic heterocycles. The third-order valence-electron chi connectivity index (χ3n) is 6.05. The van der Waals surface area contributed by atoms with Crippen LogP contribution in [0.25, 0.3) is 16.9 Å². The molecule has 2 aliphatic rings. The lowest BCUT2D eigenvalue weighted by molar-refractivity contribution is 0.0433. The van der Waals surface area contributed by atoms with E-state index in [1.165, 1.54) is 0 Å². The smallest absolute Gasteiger partial charge is 0.257 e. The van der Waals surface area contributed by atoms with Crippen LogP contribution in [0.3, 0.4) is 0 Å². The van der Waals surface area contributed by atoms with Gasteiger partial charge in [0.15, 0.2) is 0 Å². The highest BCUT2D eigenvalue weighted by Gasteiger charge is 2.28. The van der Waals surface area contributed by atoms with Gasteiger partial charge in [0, 0.05) is 63.5 Å². The summed E-state index contributed by atoms with van der Waals surface area (Å²) in [5.74, 6) is 0.0257. The fraction of sp³-hybridized carbons (Fsp3) is 0.375. The summed E-state index contributed by atoms with van der Waals surface area (Å²) in [5.41, 5.74) is 3.05. The second-order valence-electron chi connectivity index (χ2n) is 8.14. The highest BCUT2D eigenvalue weighted by atomic mass is 16.5. The number of benzene rings is 1. The maximum absolute atomic E-state index is 13.5. The first-order chi connectivity index (χ1) is 15.3. The molecule has 4 heterocycles. The fourth-order valence-electron chi connectivity index (χ4n) is 4.34. The molecule has 2 aromatic heterocycles. The van der Waals surface area contributed by atoms with E-state index in [0.29, 0.717) is 30.5 Å². The van der Waals surface area contributed by atoms with Crippen LogP contribution in [0.1, 0.15) is 23.2 Å². The first-order valence-electron chi connectivity index (χ1n) is 11.0. The van der Waals surface area contributed by atoms with Crippen LogP contribution >= 0.6 is 0 Å². The van der Waals surface area contributed by atoms with Gasteiger partial charge in [0.1, 0.15) is 5.69 Å². The van der Waals surface area contributed by atoms with E-state index in [0.717, 1.165) is 50.3 Å². The molecule has 2 saturated heterocycles. The zero-order chi connectivity index (χ0) is 21.0. The van der Waals surface area contributed by atoms with Crippen molar-refractivity contribution in [2.75, 3.05) is 39.3 Å². The van der Waals surface area contributed by atoms with E-state index in [9.17, 15) is 4.79 Å². The average Bonchev–Trinajstić information content (AvgIpc) is 3.51. The first-order valence-corrected chi connectivity index (χ1v) is 11.0. The molecular weight excluding hydrogens is 390 g/mol. The molecule has 0 bridgehead atoms. The van der Waals surface area contributed by atoms with Crippen LogP contribution < -0.4 is 0 Å². The van der Waals surface area contributed by atoms with Crippen molar-refractivity contribution in [3.05, 3.63) is 66.6 Å². The number of rotatable bonds is 5. The number of aromatic nitrogens is 3. The van der Waals surface area contributed by atoms with Gasteiger partial charge >= 0.3 is 0 Å². The monoisotopic (exact) mass is 417 g/mol. The average molecular weight is 418 g/mol. The molecule has 7 nitrogen and oxygen atoms in total. The third-order valence-corrected chi connectivity index (χ3v) is 6.05. The Hall–Kier alpha value is -3.03. The van der Waals surface area contributed by atoms with Gasteiger partial charge in [-0.25, -0.2) is 4.68 Å². The van der Waals surface area contributed by atoms with Crippen LogP contribution in [0.5, 0.6) is 0 Å². The van der Waals surface area contributed by atoms with Gasteiger partial charge in [0.25, 0.3) is 5.91 Å². The number of amides is 1. The number of ether oxygens (including phenoxy) is 1. The Morgan fingerprint density at radius 2 is 1.90 bits per heavy atom. The lowest BCUT2D eigenvalue weighted by atomic mass is 10.1. The second-order valence-corrected chi connectivity index (χ2v) is 8.14. The lowest BCUT2D eigenvalue weighted by Crippen LogP contribution is -2.50. The lowest BCUT2D eigenvalue weighted by Gasteiger charge is -2.35. The normalized spacial score (nSPS) is 19.6. The summed E-state index contributed by atoms with van der Waals surface area (Å²) in [5, 5.41) is 4.75. The Bertz CT molecular complexity index is 1010. The number of pyridine rings is 1. The van der Waals surface area contributed by atoms with Gasteiger partial charge in [0.05, 0.1) is 17.4 Å². The van der Waals surface area contributed by atoms with Crippen molar-refractivity contribution in [1.29, 1.82) is 0 Å². The van der Waals surface area contributed by atoms with Gasteiger partial charge in [0.2, 0.25) is 0 Å². The zero-order valence-corrected chi connectivity index (χ0v) is 17.6. The second kappa shape index (κ2) is 8.99. The Morgan fingerprint density at radius 3 is 2.61 bits per heavy atom. The van der Waals surface area contributed by atoms with Crippen LogP contribution in [0.2, 0.25) is 0 Å². The van der Waals surface area contributed by atoms with Crippen LogP contribution in [-0.2, 0) is 4.74 Å². The maximum Gasteiger partial charge on any atom is 0.257 e. The minimum Gasteiger partial charge on any atom is -0.377 e. The highest BCUT2D eigenvalue weighted by Crippen LogP contribution is 2.25. The topological polar surface area (TPSA) is 63.5 Å². The van der Waals surface area contributed by atoms with Gasteiger partial charge in [-0.3, -0.25) is 14.7 Å². The summed E-state index contributed by atoms with van der Waals surface area (Å²) in [6.07, 6.45) is 7.99. The summed E-state index contributed by atoms with van der Waals surface area (Å²) in [7, 11) is 0. The van der Waals surface area contributed by atoms with E-state index in [-0.39, 0.29) is 5.91 Å². The molecule has 5 rings (SSSR count). The van der Waals surface area contributed by atoms with Crippen LogP contribution in [-0.4, -0.2) is 75.9 Å². The number of carbonyl (C=O) groups excluding carboxylic acids is 1. The Labute approximate surface area is 182 Å². The SMILES string of the molecule is O=C(c1cn(-c2ccccc2)nc1-c1cccnc1)N1CCN(CC2CCCO2)CC1. The van der Waals surface area contributed by atoms with Crippen LogP contribution in [0.4, 0.5) is 0 Å². The molecule has 1 atom stereocenters. The molecule has 0 aliphatic carbocycles. The summed E-state index contributed by atoms with van der Waals surface area (Å²) < 4.78 is 7.55. The standard InChI is InChI=1S/C24H27N5O2/c30-24(28-13-11-27(12-14-28)17-21-9-5-15-31-21)22-18-29(20-7-2-1-3-8-20)26-23(22)19-6-4-10-25-16-19/h1-4,6-8,10,16,18,21H,5,9,11-15,17H2. The molecule has 0 saturated carbocycles. The predicted octanol–water partition coefficient (Wildman–Crippen LogP) is 2.87. The molecule has 0 N–H and O–H groups in total. The molecule has 160 valence electrons. The number of nitrogens with zero attached hydrogens (tertiary/aromatic N) is 5. The molecule has 1 unspecified atom stereocenters. The van der Waals surface area contributed by atoms with Crippen molar-refractivity contribution in [3.63, 3.8) is 0 Å². The van der Waals surface area contributed by atoms with E-state index < -0.39 is 0 Å². The molecule has 2 fully saturated rings. The van der Waals surface area contributed by atoms with E-state index >= 15 is 0 Å². The van der Waals surface area contributed by atoms with Crippen molar-refractivity contribution in [2.45, 2.75) is 18.9 Å². The van der Waals surface area contributed by atoms with Crippen LogP contribution in [0, 0.1) is 0 Å². The highest BCUT2D eigenvalue weighted by molar-refractivity contribution is 6.00. The molecule has 1 aromatic carbocycles. The van der Waals surface area contributed by atoms with Gasteiger partial charge in [-0.1, -0.05) is 18.2 Å². The van der Waals surface area contributed by atoms with E-state index in [4.69, 9.17) is 9.84 Å². The first kappa shape index (κ1) is 19.9. The predicted molar refractivity (Wildman–Crippen MR) is 118 cm³/mol. The van der Waals surface area contributed by atoms with Gasteiger partial charge in [-0.15, -0.1) is 0 Å². The molecule has 0 spiro atoms. The van der Waals surface area contributed by atoms with Crippen molar-refractivity contribution in [1.82, 2.24) is 24.6 Å². The van der Waals surface area contributed by atoms with E-state index in [1.54, 1.807) is 17.1 Å². The van der Waals surface area contributed by atoms with Crippen molar-refractivity contribution >= 4 is 5.91 Å². The Morgan fingerprint density at radius 1 is 1.06 bits per heavy atom. The summed E-state index contributed by atoms with van der Waals surface area (Å²) in [4.78, 5) is 22.1. The van der Waals surface area contributed by atoms with Crippen LogP contribution in [0.15, 0.2) is 61.1 Å². The minimum atomic E-state index is 0.0257. The minimum absolute atomic E-state index is 0.0257. The summed E-state index contributed by atoms with van der Waals surface area (Å²) >= 11 is 0. The van der Waals surface area contributed by atoms with Crippen molar-refractivity contribution in [3.8, 4) is 16.9 Å². The third kappa shape index (κ3) is 4.38. The Balaban J connectivity index is 1.36. The van der Waals surface area contributed by atoms with Crippen molar-refractivity contribution < 1.29 is 9.53 Å². The van der Waals surface area contributed by atoms with Gasteiger partial charge in [-0.05, 0) is 37.1 Å². The number of carbonyl (C=O) groups is 1.